The van der Waals surface area contributed by atoms with Gasteiger partial charge in [-0.2, -0.15) is 0 Å². The molecule has 1 heterocycles. The summed E-state index contributed by atoms with van der Waals surface area (Å²) in [7, 11) is 0. The molecule has 4 rings (SSSR count). The van der Waals surface area contributed by atoms with Gasteiger partial charge in [0.25, 0.3) is 0 Å². The molecule has 31 heavy (non-hydrogen) atoms. The Morgan fingerprint density at radius 2 is 1.81 bits per heavy atom. The summed E-state index contributed by atoms with van der Waals surface area (Å²) in [5.74, 6) is -0.790. The number of carbonyl (C=O) groups is 1. The molecule has 1 fully saturated rings. The zero-order valence-electron chi connectivity index (χ0n) is 17.7. The summed E-state index contributed by atoms with van der Waals surface area (Å²) < 4.78 is 14.4. The summed E-state index contributed by atoms with van der Waals surface area (Å²) in [6, 6.07) is 18.5. The summed E-state index contributed by atoms with van der Waals surface area (Å²) in [6.45, 7) is 6.32. The minimum absolute atomic E-state index is 0.0969. The van der Waals surface area contributed by atoms with Gasteiger partial charge in [-0.15, -0.1) is 0 Å². The van der Waals surface area contributed by atoms with Gasteiger partial charge in [0.05, 0.1) is 5.69 Å². The van der Waals surface area contributed by atoms with Gasteiger partial charge in [0.1, 0.15) is 11.6 Å². The number of amides is 1. The highest BCUT2D eigenvalue weighted by Gasteiger charge is 2.19. The van der Waals surface area contributed by atoms with E-state index in [-0.39, 0.29) is 17.3 Å². The summed E-state index contributed by atoms with van der Waals surface area (Å²) >= 11 is 0. The fraction of sp³-hybridized carbons (Fsp3) is 0.240. The maximum Gasteiger partial charge on any atom is 0.221 e. The second kappa shape index (κ2) is 8.78. The van der Waals surface area contributed by atoms with Crippen molar-refractivity contribution in [3.63, 3.8) is 0 Å². The Kier molecular flexibility index (Phi) is 5.91. The third-order valence-corrected chi connectivity index (χ3v) is 5.62. The fourth-order valence-electron chi connectivity index (χ4n) is 4.06. The Morgan fingerprint density at radius 3 is 2.48 bits per heavy atom. The van der Waals surface area contributed by atoms with Gasteiger partial charge in [0.15, 0.2) is 0 Å². The number of para-hydroxylation sites is 1. The normalized spacial score (nSPS) is 16.2. The number of rotatable bonds is 4. The van der Waals surface area contributed by atoms with Gasteiger partial charge in [-0.05, 0) is 42.3 Å². The SMILES string of the molecule is CC(=O)Nc1ccc(-c2cccc(-c3cccc(N4CCNC[C@H]4C)c3)c2O)cc1F. The van der Waals surface area contributed by atoms with Crippen LogP contribution < -0.4 is 15.5 Å². The number of phenols is 1. The first-order valence-corrected chi connectivity index (χ1v) is 10.4. The van der Waals surface area contributed by atoms with Crippen molar-refractivity contribution in [1.82, 2.24) is 5.32 Å². The molecular weight excluding hydrogens is 393 g/mol. The molecule has 0 aliphatic carbocycles. The maximum absolute atomic E-state index is 14.4. The van der Waals surface area contributed by atoms with Crippen LogP contribution in [-0.2, 0) is 4.79 Å². The molecule has 0 aromatic heterocycles. The first-order valence-electron chi connectivity index (χ1n) is 10.4. The zero-order chi connectivity index (χ0) is 22.0. The average molecular weight is 420 g/mol. The largest absolute Gasteiger partial charge is 0.507 e. The standard InChI is InChI=1S/C25H26FN3O2/c1-16-15-27-11-12-29(16)20-6-3-5-18(13-20)21-7-4-8-22(25(21)31)19-9-10-24(23(26)14-19)28-17(2)30/h3-10,13-14,16,27,31H,11-12,15H2,1-2H3,(H,28,30)/t16-/m1/s1. The number of phenolic OH excluding ortho intramolecular Hbond substituents is 1. The molecule has 0 spiro atoms. The Labute approximate surface area is 181 Å². The van der Waals surface area contributed by atoms with Crippen molar-refractivity contribution < 1.29 is 14.3 Å². The Hall–Kier alpha value is -3.38. The second-order valence-electron chi connectivity index (χ2n) is 7.87. The van der Waals surface area contributed by atoms with Crippen LogP contribution in [0.3, 0.4) is 0 Å². The topological polar surface area (TPSA) is 64.6 Å². The van der Waals surface area contributed by atoms with Gasteiger partial charge in [-0.1, -0.05) is 36.4 Å². The lowest BCUT2D eigenvalue weighted by atomic mass is 9.96. The van der Waals surface area contributed by atoms with Crippen molar-refractivity contribution >= 4 is 17.3 Å². The lowest BCUT2D eigenvalue weighted by Crippen LogP contribution is -2.49. The van der Waals surface area contributed by atoms with Gasteiger partial charge in [0, 0.05) is 49.4 Å². The molecule has 6 heteroatoms. The second-order valence-corrected chi connectivity index (χ2v) is 7.87. The first-order chi connectivity index (χ1) is 14.9. The number of hydrogen-bond acceptors (Lipinski definition) is 4. The minimum Gasteiger partial charge on any atom is -0.507 e. The van der Waals surface area contributed by atoms with Crippen LogP contribution in [-0.4, -0.2) is 36.7 Å². The lowest BCUT2D eigenvalue weighted by Gasteiger charge is -2.36. The Balaban J connectivity index is 1.69. The number of nitrogens with one attached hydrogen (secondary N) is 2. The Bertz CT molecular complexity index is 1120. The third kappa shape index (κ3) is 4.39. The van der Waals surface area contributed by atoms with Gasteiger partial charge in [-0.25, -0.2) is 4.39 Å². The van der Waals surface area contributed by atoms with Gasteiger partial charge < -0.3 is 20.6 Å². The third-order valence-electron chi connectivity index (χ3n) is 5.62. The van der Waals surface area contributed by atoms with Crippen LogP contribution in [0.15, 0.2) is 60.7 Å². The predicted molar refractivity (Wildman–Crippen MR) is 123 cm³/mol. The van der Waals surface area contributed by atoms with Crippen molar-refractivity contribution in [1.29, 1.82) is 0 Å². The maximum atomic E-state index is 14.4. The van der Waals surface area contributed by atoms with Crippen LogP contribution in [0.5, 0.6) is 5.75 Å². The van der Waals surface area contributed by atoms with Crippen molar-refractivity contribution in [3.8, 4) is 28.0 Å². The van der Waals surface area contributed by atoms with E-state index >= 15 is 0 Å². The zero-order valence-corrected chi connectivity index (χ0v) is 17.7. The van der Waals surface area contributed by atoms with E-state index in [9.17, 15) is 14.3 Å². The van der Waals surface area contributed by atoms with Crippen molar-refractivity contribution in [2.24, 2.45) is 0 Å². The summed E-state index contributed by atoms with van der Waals surface area (Å²) in [5.41, 5.74) is 3.89. The summed E-state index contributed by atoms with van der Waals surface area (Å²) in [4.78, 5) is 13.6. The van der Waals surface area contributed by atoms with Crippen LogP contribution in [0.2, 0.25) is 0 Å². The average Bonchev–Trinajstić information content (AvgIpc) is 2.75. The summed E-state index contributed by atoms with van der Waals surface area (Å²) in [5, 5.41) is 16.9. The molecule has 1 aliphatic heterocycles. The van der Waals surface area contributed by atoms with E-state index in [0.29, 0.717) is 22.7 Å². The van der Waals surface area contributed by atoms with Crippen LogP contribution in [0.4, 0.5) is 15.8 Å². The molecule has 1 saturated heterocycles. The predicted octanol–water partition coefficient (Wildman–Crippen LogP) is 4.62. The molecule has 3 aromatic rings. The lowest BCUT2D eigenvalue weighted by molar-refractivity contribution is -0.114. The number of piperazine rings is 1. The molecular formula is C25H26FN3O2. The van der Waals surface area contributed by atoms with Gasteiger partial charge >= 0.3 is 0 Å². The first kappa shape index (κ1) is 20.9. The van der Waals surface area contributed by atoms with Crippen LogP contribution in [0, 0.1) is 5.82 Å². The smallest absolute Gasteiger partial charge is 0.221 e. The van der Waals surface area contributed by atoms with E-state index in [1.165, 1.54) is 19.1 Å². The highest BCUT2D eigenvalue weighted by atomic mass is 19.1. The van der Waals surface area contributed by atoms with E-state index in [2.05, 4.69) is 34.6 Å². The highest BCUT2D eigenvalue weighted by Crippen LogP contribution is 2.39. The molecule has 0 bridgehead atoms. The molecule has 0 saturated carbocycles. The Morgan fingerprint density at radius 1 is 1.10 bits per heavy atom. The van der Waals surface area contributed by atoms with E-state index in [4.69, 9.17) is 0 Å². The van der Waals surface area contributed by atoms with Crippen LogP contribution >= 0.6 is 0 Å². The van der Waals surface area contributed by atoms with E-state index in [1.807, 2.05) is 24.3 Å². The van der Waals surface area contributed by atoms with E-state index < -0.39 is 5.82 Å². The molecule has 1 atom stereocenters. The number of nitrogens with zero attached hydrogens (tertiary/aromatic N) is 1. The number of carbonyl (C=O) groups excluding carboxylic acids is 1. The number of halogens is 1. The van der Waals surface area contributed by atoms with Crippen molar-refractivity contribution in [2.75, 3.05) is 29.9 Å². The quantitative estimate of drug-likeness (QED) is 0.577. The molecule has 160 valence electrons. The molecule has 3 N–H and O–H groups in total. The molecule has 5 nitrogen and oxygen atoms in total. The fourth-order valence-corrected chi connectivity index (χ4v) is 4.06. The van der Waals surface area contributed by atoms with Crippen molar-refractivity contribution in [3.05, 3.63) is 66.5 Å². The van der Waals surface area contributed by atoms with Crippen LogP contribution in [0.1, 0.15) is 13.8 Å². The number of hydrogen-bond donors (Lipinski definition) is 3. The van der Waals surface area contributed by atoms with Crippen molar-refractivity contribution in [2.45, 2.75) is 19.9 Å². The molecule has 1 amide bonds. The highest BCUT2D eigenvalue weighted by molar-refractivity contribution is 5.89. The minimum atomic E-state index is -0.549. The van der Waals surface area contributed by atoms with E-state index in [0.717, 1.165) is 30.9 Å². The molecule has 0 unspecified atom stereocenters. The van der Waals surface area contributed by atoms with Crippen LogP contribution in [0.25, 0.3) is 22.3 Å². The van der Waals surface area contributed by atoms with E-state index in [1.54, 1.807) is 12.1 Å². The summed E-state index contributed by atoms with van der Waals surface area (Å²) in [6.07, 6.45) is 0. The van der Waals surface area contributed by atoms with Gasteiger partial charge in [0.2, 0.25) is 5.91 Å². The molecule has 0 radical (unpaired) electrons. The number of aromatic hydroxyl groups is 1. The molecule has 1 aliphatic rings. The number of benzene rings is 3. The monoisotopic (exact) mass is 419 g/mol. The molecule has 3 aromatic carbocycles. The van der Waals surface area contributed by atoms with Gasteiger partial charge in [-0.3, -0.25) is 4.79 Å². The number of anilines is 2.